The van der Waals surface area contributed by atoms with Crippen LogP contribution in [0.25, 0.3) is 22.6 Å². The minimum atomic E-state index is -0.574. The maximum Gasteiger partial charge on any atom is 0.311 e. The SMILES string of the molecule is Nc1nc(NCCNc2ncc(-c3ncc[nH]3)c(-c3ccc(Cl)cc3)n2)ccc1[N+](=O)[O-]. The van der Waals surface area contributed by atoms with Crippen LogP contribution in [0.5, 0.6) is 0 Å². The lowest BCUT2D eigenvalue weighted by Gasteiger charge is -2.11. The summed E-state index contributed by atoms with van der Waals surface area (Å²) < 4.78 is 0. The van der Waals surface area contributed by atoms with Crippen LogP contribution in [0, 0.1) is 10.1 Å². The van der Waals surface area contributed by atoms with Crippen molar-refractivity contribution in [2.24, 2.45) is 0 Å². The third-order valence-electron chi connectivity index (χ3n) is 4.47. The highest BCUT2D eigenvalue weighted by atomic mass is 35.5. The van der Waals surface area contributed by atoms with Crippen molar-refractivity contribution in [3.8, 4) is 22.6 Å². The molecule has 0 saturated heterocycles. The minimum absolute atomic E-state index is 0.141. The number of halogens is 1. The molecular formula is C20H18ClN9O2. The quantitative estimate of drug-likeness (QED) is 0.178. The van der Waals surface area contributed by atoms with Gasteiger partial charge in [-0.2, -0.15) is 0 Å². The zero-order chi connectivity index (χ0) is 22.5. The normalized spacial score (nSPS) is 10.7. The van der Waals surface area contributed by atoms with E-state index in [1.54, 1.807) is 30.7 Å². The van der Waals surface area contributed by atoms with Crippen LogP contribution in [0.4, 0.5) is 23.3 Å². The number of nitrogen functional groups attached to an aromatic ring is 1. The topological polar surface area (TPSA) is 161 Å². The van der Waals surface area contributed by atoms with Crippen LogP contribution < -0.4 is 16.4 Å². The number of benzene rings is 1. The number of nitrogens with two attached hydrogens (primary N) is 1. The van der Waals surface area contributed by atoms with Gasteiger partial charge in [-0.1, -0.05) is 23.7 Å². The molecule has 3 heterocycles. The van der Waals surface area contributed by atoms with E-state index in [1.807, 2.05) is 12.1 Å². The maximum absolute atomic E-state index is 10.8. The van der Waals surface area contributed by atoms with Gasteiger partial charge < -0.3 is 21.4 Å². The lowest BCUT2D eigenvalue weighted by atomic mass is 10.1. The largest absolute Gasteiger partial charge is 0.378 e. The Morgan fingerprint density at radius 3 is 2.53 bits per heavy atom. The number of nitrogens with zero attached hydrogens (tertiary/aromatic N) is 5. The summed E-state index contributed by atoms with van der Waals surface area (Å²) >= 11 is 6.02. The number of hydrogen-bond donors (Lipinski definition) is 4. The number of anilines is 3. The average Bonchev–Trinajstić information content (AvgIpc) is 3.32. The van der Waals surface area contributed by atoms with Crippen molar-refractivity contribution in [1.82, 2.24) is 24.9 Å². The van der Waals surface area contributed by atoms with Crippen molar-refractivity contribution in [3.05, 3.63) is 70.1 Å². The Bertz CT molecular complexity index is 1230. The number of hydrogen-bond acceptors (Lipinski definition) is 9. The molecular weight excluding hydrogens is 434 g/mol. The number of nitrogens with one attached hydrogen (secondary N) is 3. The first-order chi connectivity index (χ1) is 15.5. The summed E-state index contributed by atoms with van der Waals surface area (Å²) in [6, 6.07) is 10.2. The molecule has 0 bridgehead atoms. The highest BCUT2D eigenvalue weighted by Crippen LogP contribution is 2.29. The van der Waals surface area contributed by atoms with Gasteiger partial charge in [0.2, 0.25) is 11.8 Å². The molecule has 3 aromatic heterocycles. The molecule has 0 spiro atoms. The van der Waals surface area contributed by atoms with Gasteiger partial charge in [-0.15, -0.1) is 0 Å². The number of H-pyrrole nitrogens is 1. The molecule has 0 aliphatic rings. The molecule has 0 radical (unpaired) electrons. The van der Waals surface area contributed by atoms with Crippen LogP contribution >= 0.6 is 11.6 Å². The van der Waals surface area contributed by atoms with Crippen molar-refractivity contribution in [1.29, 1.82) is 0 Å². The van der Waals surface area contributed by atoms with E-state index in [0.717, 1.165) is 11.1 Å². The monoisotopic (exact) mass is 451 g/mol. The summed E-state index contributed by atoms with van der Waals surface area (Å²) in [5, 5.41) is 17.6. The smallest absolute Gasteiger partial charge is 0.311 e. The van der Waals surface area contributed by atoms with Gasteiger partial charge in [0.1, 0.15) is 11.6 Å². The molecule has 4 aromatic rings. The average molecular weight is 452 g/mol. The summed E-state index contributed by atoms with van der Waals surface area (Å²) in [6.07, 6.45) is 5.10. The summed E-state index contributed by atoms with van der Waals surface area (Å²) in [7, 11) is 0. The number of rotatable bonds is 8. The first-order valence-corrected chi connectivity index (χ1v) is 9.90. The Balaban J connectivity index is 1.46. The lowest BCUT2D eigenvalue weighted by Crippen LogP contribution is -2.16. The summed E-state index contributed by atoms with van der Waals surface area (Å²) in [5.41, 5.74) is 7.71. The van der Waals surface area contributed by atoms with Crippen LogP contribution in [0.15, 0.2) is 55.0 Å². The molecule has 1 aromatic carbocycles. The van der Waals surface area contributed by atoms with E-state index in [1.165, 1.54) is 12.1 Å². The third kappa shape index (κ3) is 4.73. The van der Waals surface area contributed by atoms with E-state index in [0.29, 0.717) is 41.4 Å². The number of pyridine rings is 1. The molecule has 0 aliphatic heterocycles. The predicted molar refractivity (Wildman–Crippen MR) is 122 cm³/mol. The number of aromatic amines is 1. The minimum Gasteiger partial charge on any atom is -0.378 e. The van der Waals surface area contributed by atoms with Gasteiger partial charge >= 0.3 is 5.69 Å². The fourth-order valence-corrected chi connectivity index (χ4v) is 3.09. The van der Waals surface area contributed by atoms with E-state index in [9.17, 15) is 10.1 Å². The van der Waals surface area contributed by atoms with Crippen LogP contribution in [0.1, 0.15) is 0 Å². The van der Waals surface area contributed by atoms with Crippen molar-refractivity contribution in [3.63, 3.8) is 0 Å². The second kappa shape index (κ2) is 9.27. The van der Waals surface area contributed by atoms with E-state index in [-0.39, 0.29) is 11.5 Å². The lowest BCUT2D eigenvalue weighted by molar-refractivity contribution is -0.384. The van der Waals surface area contributed by atoms with Crippen molar-refractivity contribution < 1.29 is 4.92 Å². The number of nitro groups is 1. The fourth-order valence-electron chi connectivity index (χ4n) is 2.97. The number of imidazole rings is 1. The van der Waals surface area contributed by atoms with Crippen LogP contribution in [-0.2, 0) is 0 Å². The first-order valence-electron chi connectivity index (χ1n) is 9.52. The first kappa shape index (κ1) is 21.0. The molecule has 0 aliphatic carbocycles. The van der Waals surface area contributed by atoms with Gasteiger partial charge in [0.15, 0.2) is 0 Å². The Morgan fingerprint density at radius 2 is 1.84 bits per heavy atom. The Labute approximate surface area is 187 Å². The molecule has 0 amide bonds. The van der Waals surface area contributed by atoms with Crippen molar-refractivity contribution in [2.75, 3.05) is 29.5 Å². The molecule has 0 saturated carbocycles. The van der Waals surface area contributed by atoms with Gasteiger partial charge in [-0.05, 0) is 18.2 Å². The van der Waals surface area contributed by atoms with Crippen molar-refractivity contribution >= 4 is 34.9 Å². The summed E-state index contributed by atoms with van der Waals surface area (Å²) in [5.74, 6) is 1.39. The van der Waals surface area contributed by atoms with Crippen LogP contribution in [0.2, 0.25) is 5.02 Å². The molecule has 32 heavy (non-hydrogen) atoms. The zero-order valence-corrected chi connectivity index (χ0v) is 17.4. The van der Waals surface area contributed by atoms with Gasteiger partial charge in [0.05, 0.1) is 16.2 Å². The van der Waals surface area contributed by atoms with Crippen molar-refractivity contribution in [2.45, 2.75) is 0 Å². The van der Waals surface area contributed by atoms with E-state index >= 15 is 0 Å². The molecule has 4 rings (SSSR count). The number of aromatic nitrogens is 5. The molecule has 5 N–H and O–H groups in total. The Hall–Kier alpha value is -4.25. The molecule has 11 nitrogen and oxygen atoms in total. The molecule has 0 unspecified atom stereocenters. The van der Waals surface area contributed by atoms with Gasteiger partial charge in [-0.25, -0.2) is 19.9 Å². The molecule has 0 atom stereocenters. The predicted octanol–water partition coefficient (Wildman–Crippen LogP) is 3.60. The Morgan fingerprint density at radius 1 is 1.06 bits per heavy atom. The molecule has 0 fully saturated rings. The highest BCUT2D eigenvalue weighted by Gasteiger charge is 2.14. The van der Waals surface area contributed by atoms with Gasteiger partial charge in [-0.3, -0.25) is 10.1 Å². The fraction of sp³-hybridized carbons (Fsp3) is 0.100. The summed E-state index contributed by atoms with van der Waals surface area (Å²) in [6.45, 7) is 0.933. The highest BCUT2D eigenvalue weighted by molar-refractivity contribution is 6.30. The second-order valence-electron chi connectivity index (χ2n) is 6.61. The third-order valence-corrected chi connectivity index (χ3v) is 4.73. The molecule has 12 heteroatoms. The van der Waals surface area contributed by atoms with Gasteiger partial charge in [0.25, 0.3) is 0 Å². The standard InChI is InChI=1S/C20H18ClN9O2/c21-13-3-1-12(2-4-13)17-14(19-24-8-9-25-19)11-27-20(29-17)26-10-7-23-16-6-5-15(30(31)32)18(22)28-16/h1-6,8-9,11H,7,10H2,(H,24,25)(H3,22,23,28)(H,26,27,29). The van der Waals surface area contributed by atoms with Crippen LogP contribution in [0.3, 0.4) is 0 Å². The van der Waals surface area contributed by atoms with Crippen LogP contribution in [-0.4, -0.2) is 42.9 Å². The summed E-state index contributed by atoms with van der Waals surface area (Å²) in [4.78, 5) is 30.6. The zero-order valence-electron chi connectivity index (χ0n) is 16.6. The second-order valence-corrected chi connectivity index (χ2v) is 7.05. The molecule has 162 valence electrons. The van der Waals surface area contributed by atoms with E-state index < -0.39 is 4.92 Å². The van der Waals surface area contributed by atoms with Gasteiger partial charge in [0, 0.05) is 48.3 Å². The van der Waals surface area contributed by atoms with E-state index in [2.05, 4.69) is 35.6 Å². The maximum atomic E-state index is 10.8. The van der Waals surface area contributed by atoms with E-state index in [4.69, 9.17) is 17.3 Å². The Kier molecular flexibility index (Phi) is 6.08.